The van der Waals surface area contributed by atoms with Gasteiger partial charge in [0.1, 0.15) is 0 Å². The van der Waals surface area contributed by atoms with Gasteiger partial charge in [-0.3, -0.25) is 6.08 Å². The summed E-state index contributed by atoms with van der Waals surface area (Å²) in [4.78, 5) is 0. The molecule has 132 valence electrons. The van der Waals surface area contributed by atoms with E-state index >= 15 is 0 Å². The molecule has 0 N–H and O–H groups in total. The van der Waals surface area contributed by atoms with Crippen LogP contribution < -0.4 is 15.9 Å². The van der Waals surface area contributed by atoms with Crippen LogP contribution in [0.4, 0.5) is 0 Å². The SMILES string of the molecule is [C-]1=CC=CC1.[Hf+4].c1ccc(P(c2ccccc2)c2cc3ccccc3[cH-]2)cc1. The number of allylic oxidation sites excluding steroid dienone is 4. The maximum Gasteiger partial charge on any atom is 4.00 e. The van der Waals surface area contributed by atoms with Gasteiger partial charge in [0.15, 0.2) is 0 Å². The van der Waals surface area contributed by atoms with Crippen LogP contribution >= 0.6 is 7.92 Å². The molecule has 0 unspecified atom stereocenters. The normalized spacial score (nSPS) is 11.9. The predicted octanol–water partition coefficient (Wildman–Crippen LogP) is 5.62. The molecule has 1 aliphatic rings. The maximum atomic E-state index is 2.99. The van der Waals surface area contributed by atoms with Crippen molar-refractivity contribution in [1.29, 1.82) is 0 Å². The van der Waals surface area contributed by atoms with Crippen LogP contribution in [0.15, 0.2) is 115 Å². The van der Waals surface area contributed by atoms with E-state index in [-0.39, 0.29) is 25.8 Å². The molecule has 0 saturated carbocycles. The Labute approximate surface area is 187 Å². The molecule has 0 saturated heterocycles. The quantitative estimate of drug-likeness (QED) is 0.179. The van der Waals surface area contributed by atoms with Gasteiger partial charge in [0, 0.05) is 0 Å². The second-order valence-corrected chi connectivity index (χ2v) is 8.57. The first-order valence-electron chi connectivity index (χ1n) is 9.19. The molecule has 0 atom stereocenters. The van der Waals surface area contributed by atoms with E-state index in [0.717, 1.165) is 6.42 Å². The van der Waals surface area contributed by atoms with E-state index in [9.17, 15) is 0 Å². The van der Waals surface area contributed by atoms with E-state index in [4.69, 9.17) is 0 Å². The predicted molar refractivity (Wildman–Crippen MR) is 120 cm³/mol. The topological polar surface area (TPSA) is 0 Å². The van der Waals surface area contributed by atoms with Gasteiger partial charge in [-0.25, -0.2) is 12.2 Å². The average molecular weight is 543 g/mol. The Bertz CT molecular complexity index is 963. The Morgan fingerprint density at radius 1 is 0.750 bits per heavy atom. The molecular formula is C26H21HfP+2. The zero-order chi connectivity index (χ0) is 18.3. The molecule has 4 aromatic rings. The van der Waals surface area contributed by atoms with E-state index in [0.29, 0.717) is 0 Å². The Morgan fingerprint density at radius 3 is 1.86 bits per heavy atom. The summed E-state index contributed by atoms with van der Waals surface area (Å²) in [5, 5.41) is 6.89. The maximum absolute atomic E-state index is 2.99. The van der Waals surface area contributed by atoms with Crippen LogP contribution in [0.25, 0.3) is 10.8 Å². The molecule has 1 aliphatic carbocycles. The molecule has 0 aromatic heterocycles. The van der Waals surface area contributed by atoms with E-state index in [1.165, 1.54) is 26.7 Å². The first-order valence-corrected chi connectivity index (χ1v) is 10.5. The summed E-state index contributed by atoms with van der Waals surface area (Å²) in [5.74, 6) is 0. The summed E-state index contributed by atoms with van der Waals surface area (Å²) in [5.41, 5.74) is 0. The molecule has 0 spiro atoms. The molecule has 0 bridgehead atoms. The molecule has 28 heavy (non-hydrogen) atoms. The van der Waals surface area contributed by atoms with Crippen LogP contribution in [0.2, 0.25) is 0 Å². The molecule has 0 fully saturated rings. The van der Waals surface area contributed by atoms with Gasteiger partial charge in [0.05, 0.1) is 0 Å². The van der Waals surface area contributed by atoms with Gasteiger partial charge in [0.25, 0.3) is 0 Å². The standard InChI is InChI=1S/C21H16P.C5H5.Hf/c1-3-11-19(12-4-1)22(20-13-5-2-6-14-20)21-15-17-9-7-8-10-18(17)16-21;1-2-4-5-3-1;/h1-16H;1-3H,4H2;/q2*-1;+4. The van der Waals surface area contributed by atoms with Gasteiger partial charge in [-0.05, 0) is 18.5 Å². The molecule has 2 heteroatoms. The van der Waals surface area contributed by atoms with Crippen molar-refractivity contribution >= 4 is 34.6 Å². The molecule has 0 nitrogen and oxygen atoms in total. The molecule has 5 rings (SSSR count). The minimum atomic E-state index is -0.493. The van der Waals surface area contributed by atoms with Crippen LogP contribution in [-0.2, 0) is 25.8 Å². The number of fused-ring (bicyclic) bond motifs is 1. The molecule has 0 amide bonds. The Kier molecular flexibility index (Phi) is 7.83. The van der Waals surface area contributed by atoms with Crippen LogP contribution in [0.5, 0.6) is 0 Å². The average Bonchev–Trinajstić information content (AvgIpc) is 3.43. The smallest absolute Gasteiger partial charge is 0.273 e. The van der Waals surface area contributed by atoms with Crippen molar-refractivity contribution in [2.24, 2.45) is 0 Å². The molecule has 0 aliphatic heterocycles. The third-order valence-corrected chi connectivity index (χ3v) is 6.88. The second kappa shape index (κ2) is 10.6. The van der Waals surface area contributed by atoms with Crippen molar-refractivity contribution in [3.05, 3.63) is 121 Å². The van der Waals surface area contributed by atoms with Gasteiger partial charge in [-0.1, -0.05) is 66.7 Å². The van der Waals surface area contributed by atoms with Crippen molar-refractivity contribution in [2.75, 3.05) is 0 Å². The Morgan fingerprint density at radius 2 is 1.36 bits per heavy atom. The largest absolute Gasteiger partial charge is 4.00 e. The zero-order valence-electron chi connectivity index (χ0n) is 15.6. The molecule has 4 aromatic carbocycles. The summed E-state index contributed by atoms with van der Waals surface area (Å²) in [6.07, 6.45) is 10.0. The van der Waals surface area contributed by atoms with Crippen molar-refractivity contribution < 1.29 is 25.8 Å². The van der Waals surface area contributed by atoms with Gasteiger partial charge >= 0.3 is 25.8 Å². The third kappa shape index (κ3) is 5.10. The van der Waals surface area contributed by atoms with Crippen LogP contribution in [0.1, 0.15) is 6.42 Å². The van der Waals surface area contributed by atoms with Crippen LogP contribution in [0.3, 0.4) is 0 Å². The fourth-order valence-corrected chi connectivity index (χ4v) is 5.58. The van der Waals surface area contributed by atoms with Gasteiger partial charge in [-0.2, -0.15) is 12.1 Å². The monoisotopic (exact) mass is 544 g/mol. The van der Waals surface area contributed by atoms with Crippen molar-refractivity contribution in [1.82, 2.24) is 0 Å². The van der Waals surface area contributed by atoms with Crippen molar-refractivity contribution in [3.8, 4) is 0 Å². The van der Waals surface area contributed by atoms with Gasteiger partial charge in [0.2, 0.25) is 0 Å². The van der Waals surface area contributed by atoms with Gasteiger partial charge < -0.3 is 0 Å². The molecule has 0 heterocycles. The van der Waals surface area contributed by atoms with E-state index < -0.39 is 7.92 Å². The Hall–Kier alpha value is -1.95. The van der Waals surface area contributed by atoms with Crippen molar-refractivity contribution in [2.45, 2.75) is 6.42 Å². The summed E-state index contributed by atoms with van der Waals surface area (Å²) in [6.45, 7) is 0. The van der Waals surface area contributed by atoms with Crippen LogP contribution in [0, 0.1) is 6.08 Å². The molecule has 0 radical (unpaired) electrons. The summed E-state index contributed by atoms with van der Waals surface area (Å²) in [6, 6.07) is 35.0. The second-order valence-electron chi connectivity index (χ2n) is 6.35. The minimum absolute atomic E-state index is 0. The number of hydrogen-bond donors (Lipinski definition) is 0. The Balaban J connectivity index is 0.000000329. The first-order chi connectivity index (χ1) is 13.4. The number of benzene rings is 3. The first kappa shape index (κ1) is 20.8. The van der Waals surface area contributed by atoms with E-state index in [1.807, 2.05) is 12.2 Å². The molecular weight excluding hydrogens is 522 g/mol. The fraction of sp³-hybridized carbons (Fsp3) is 0.0385. The van der Waals surface area contributed by atoms with E-state index in [1.54, 1.807) is 0 Å². The summed E-state index contributed by atoms with van der Waals surface area (Å²) in [7, 11) is -0.493. The van der Waals surface area contributed by atoms with Gasteiger partial charge in [-0.15, -0.1) is 46.8 Å². The summed E-state index contributed by atoms with van der Waals surface area (Å²) >= 11 is 0. The third-order valence-electron chi connectivity index (χ3n) is 4.48. The van der Waals surface area contributed by atoms with Crippen molar-refractivity contribution in [3.63, 3.8) is 0 Å². The number of rotatable bonds is 3. The number of hydrogen-bond acceptors (Lipinski definition) is 0. The minimum Gasteiger partial charge on any atom is -0.273 e. The van der Waals surface area contributed by atoms with E-state index in [2.05, 4.69) is 109 Å². The fourth-order valence-electron chi connectivity index (χ4n) is 3.20. The van der Waals surface area contributed by atoms with Crippen LogP contribution in [-0.4, -0.2) is 0 Å². The zero-order valence-corrected chi connectivity index (χ0v) is 20.1. The summed E-state index contributed by atoms with van der Waals surface area (Å²) < 4.78 is 0.